The van der Waals surface area contributed by atoms with Gasteiger partial charge in [-0.1, -0.05) is 18.2 Å². The summed E-state index contributed by atoms with van der Waals surface area (Å²) in [6.07, 6.45) is -0.249. The van der Waals surface area contributed by atoms with Crippen LogP contribution in [0.25, 0.3) is 0 Å². The fraction of sp³-hybridized carbons (Fsp3) is 0.333. The van der Waals surface area contributed by atoms with Crippen LogP contribution in [-0.2, 0) is 9.59 Å². The van der Waals surface area contributed by atoms with Crippen LogP contribution in [0.5, 0.6) is 11.5 Å². The average molecular weight is 386 g/mol. The molecule has 3 unspecified atom stereocenters. The van der Waals surface area contributed by atoms with E-state index in [4.69, 9.17) is 9.47 Å². The van der Waals surface area contributed by atoms with Crippen molar-refractivity contribution in [2.45, 2.75) is 32.3 Å². The lowest BCUT2D eigenvalue weighted by atomic mass is 10.1. The van der Waals surface area contributed by atoms with Gasteiger partial charge in [-0.05, 0) is 62.1 Å². The molecule has 0 aliphatic heterocycles. The molecule has 3 atom stereocenters. The highest BCUT2D eigenvalue weighted by Crippen LogP contribution is 2.48. The largest absolute Gasteiger partial charge is 0.494 e. The summed E-state index contributed by atoms with van der Waals surface area (Å²) in [5.41, 5.74) is 5.28. The molecule has 0 aromatic heterocycles. The van der Waals surface area contributed by atoms with Gasteiger partial charge in [0.15, 0.2) is 6.10 Å². The summed E-state index contributed by atoms with van der Waals surface area (Å²) in [4.78, 5) is 24.3. The predicted molar refractivity (Wildman–Crippen MR) is 101 cm³/mol. The van der Waals surface area contributed by atoms with E-state index in [0.29, 0.717) is 30.1 Å². The quantitative estimate of drug-likeness (QED) is 0.718. The third-order valence-electron chi connectivity index (χ3n) is 4.56. The SMILES string of the molecule is CCOc1ccc(OC(C)C(=O)NNC(=O)C2CC2c2ccccc2F)cc1. The topological polar surface area (TPSA) is 76.7 Å². The third-order valence-corrected chi connectivity index (χ3v) is 4.56. The third kappa shape index (κ3) is 4.79. The van der Waals surface area contributed by atoms with Gasteiger partial charge in [-0.2, -0.15) is 0 Å². The van der Waals surface area contributed by atoms with Gasteiger partial charge in [0, 0.05) is 5.92 Å². The van der Waals surface area contributed by atoms with Crippen molar-refractivity contribution >= 4 is 11.8 Å². The van der Waals surface area contributed by atoms with Crippen LogP contribution in [0.3, 0.4) is 0 Å². The molecule has 1 saturated carbocycles. The number of amides is 2. The highest BCUT2D eigenvalue weighted by Gasteiger charge is 2.45. The van der Waals surface area contributed by atoms with Crippen LogP contribution in [-0.4, -0.2) is 24.5 Å². The van der Waals surface area contributed by atoms with E-state index in [0.717, 1.165) is 0 Å². The zero-order chi connectivity index (χ0) is 20.1. The van der Waals surface area contributed by atoms with Crippen molar-refractivity contribution < 1.29 is 23.5 Å². The lowest BCUT2D eigenvalue weighted by Crippen LogP contribution is -2.47. The van der Waals surface area contributed by atoms with Crippen molar-refractivity contribution in [1.82, 2.24) is 10.9 Å². The molecule has 6 nitrogen and oxygen atoms in total. The van der Waals surface area contributed by atoms with Crippen molar-refractivity contribution in [3.8, 4) is 11.5 Å². The first-order valence-corrected chi connectivity index (χ1v) is 9.23. The maximum absolute atomic E-state index is 13.8. The summed E-state index contributed by atoms with van der Waals surface area (Å²) in [5, 5.41) is 0. The summed E-state index contributed by atoms with van der Waals surface area (Å²) >= 11 is 0. The van der Waals surface area contributed by atoms with Gasteiger partial charge >= 0.3 is 0 Å². The van der Waals surface area contributed by atoms with Crippen molar-refractivity contribution in [3.05, 3.63) is 59.9 Å². The van der Waals surface area contributed by atoms with Gasteiger partial charge in [0.25, 0.3) is 5.91 Å². The molecular formula is C21H23FN2O4. The zero-order valence-corrected chi connectivity index (χ0v) is 15.8. The van der Waals surface area contributed by atoms with Gasteiger partial charge < -0.3 is 9.47 Å². The zero-order valence-electron chi connectivity index (χ0n) is 15.8. The van der Waals surface area contributed by atoms with Crippen molar-refractivity contribution in [2.24, 2.45) is 5.92 Å². The van der Waals surface area contributed by atoms with Crippen molar-refractivity contribution in [3.63, 3.8) is 0 Å². The first-order chi connectivity index (χ1) is 13.5. The Labute approximate surface area is 163 Å². The number of hydrogen-bond acceptors (Lipinski definition) is 4. The molecule has 1 aliphatic rings. The molecule has 0 spiro atoms. The fourth-order valence-electron chi connectivity index (χ4n) is 2.96. The maximum atomic E-state index is 13.8. The van der Waals surface area contributed by atoms with E-state index in [1.807, 2.05) is 6.92 Å². The molecule has 148 valence electrons. The summed E-state index contributed by atoms with van der Waals surface area (Å²) in [6.45, 7) is 4.04. The molecule has 0 bridgehead atoms. The van der Waals surface area contributed by atoms with Crippen LogP contribution in [0.4, 0.5) is 4.39 Å². The molecule has 0 saturated heterocycles. The molecule has 2 amide bonds. The Hall–Kier alpha value is -3.09. The second-order valence-corrected chi connectivity index (χ2v) is 6.61. The Kier molecular flexibility index (Phi) is 6.13. The van der Waals surface area contributed by atoms with E-state index in [-0.39, 0.29) is 23.6 Å². The van der Waals surface area contributed by atoms with Crippen molar-refractivity contribution in [1.29, 1.82) is 0 Å². The van der Waals surface area contributed by atoms with Crippen molar-refractivity contribution in [2.75, 3.05) is 6.61 Å². The predicted octanol–water partition coefficient (Wildman–Crippen LogP) is 2.94. The van der Waals surface area contributed by atoms with E-state index < -0.39 is 12.0 Å². The average Bonchev–Trinajstić information content (AvgIpc) is 3.48. The molecule has 3 rings (SSSR count). The van der Waals surface area contributed by atoms with Gasteiger partial charge in [-0.25, -0.2) is 4.39 Å². The van der Waals surface area contributed by atoms with Gasteiger partial charge in [-0.15, -0.1) is 0 Å². The van der Waals surface area contributed by atoms with Gasteiger partial charge in [-0.3, -0.25) is 20.4 Å². The summed E-state index contributed by atoms with van der Waals surface area (Å²) in [6, 6.07) is 13.3. The first kappa shape index (κ1) is 19.7. The Balaban J connectivity index is 1.45. The molecule has 7 heteroatoms. The molecule has 1 fully saturated rings. The van der Waals surface area contributed by atoms with Crippen LogP contribution in [0.1, 0.15) is 31.7 Å². The van der Waals surface area contributed by atoms with Crippen LogP contribution >= 0.6 is 0 Å². The second kappa shape index (κ2) is 8.73. The van der Waals surface area contributed by atoms with Gasteiger partial charge in [0.1, 0.15) is 17.3 Å². The number of ether oxygens (including phenoxy) is 2. The van der Waals surface area contributed by atoms with E-state index in [9.17, 15) is 14.0 Å². The smallest absolute Gasteiger partial charge is 0.279 e. The first-order valence-electron chi connectivity index (χ1n) is 9.23. The molecule has 0 radical (unpaired) electrons. The van der Waals surface area contributed by atoms with Gasteiger partial charge in [0.2, 0.25) is 5.91 Å². The highest BCUT2D eigenvalue weighted by atomic mass is 19.1. The van der Waals surface area contributed by atoms with E-state index >= 15 is 0 Å². The maximum Gasteiger partial charge on any atom is 0.279 e. The number of hydrogen-bond donors (Lipinski definition) is 2. The monoisotopic (exact) mass is 386 g/mol. The van der Waals surface area contributed by atoms with E-state index in [1.165, 1.54) is 6.07 Å². The lowest BCUT2D eigenvalue weighted by Gasteiger charge is -2.15. The minimum absolute atomic E-state index is 0.157. The molecule has 2 N–H and O–H groups in total. The number of nitrogens with one attached hydrogen (secondary N) is 2. The van der Waals surface area contributed by atoms with Crippen LogP contribution < -0.4 is 20.3 Å². The lowest BCUT2D eigenvalue weighted by molar-refractivity contribution is -0.133. The highest BCUT2D eigenvalue weighted by molar-refractivity contribution is 5.87. The number of carbonyl (C=O) groups is 2. The standard InChI is InChI=1S/C21H23FN2O4/c1-3-27-14-8-10-15(11-9-14)28-13(2)20(25)23-24-21(26)18-12-17(18)16-6-4-5-7-19(16)22/h4-11,13,17-18H,3,12H2,1-2H3,(H,23,25)(H,24,26). The number of hydrazine groups is 1. The minimum Gasteiger partial charge on any atom is -0.494 e. The van der Waals surface area contributed by atoms with Gasteiger partial charge in [0.05, 0.1) is 6.61 Å². The van der Waals surface area contributed by atoms with Crippen LogP contribution in [0.2, 0.25) is 0 Å². The summed E-state index contributed by atoms with van der Waals surface area (Å²) in [5.74, 6) is -0.410. The normalized spacial score (nSPS) is 18.7. The Morgan fingerprint density at radius 3 is 2.46 bits per heavy atom. The second-order valence-electron chi connectivity index (χ2n) is 6.61. The fourth-order valence-corrected chi connectivity index (χ4v) is 2.96. The number of halogens is 1. The molecular weight excluding hydrogens is 363 g/mol. The summed E-state index contributed by atoms with van der Waals surface area (Å²) in [7, 11) is 0. The Bertz CT molecular complexity index is 841. The molecule has 1 aliphatic carbocycles. The molecule has 0 heterocycles. The van der Waals surface area contributed by atoms with E-state index in [2.05, 4.69) is 10.9 Å². The van der Waals surface area contributed by atoms with Crippen LogP contribution in [0.15, 0.2) is 48.5 Å². The molecule has 2 aromatic rings. The Morgan fingerprint density at radius 1 is 1.11 bits per heavy atom. The number of carbonyl (C=O) groups excluding carboxylic acids is 2. The number of benzene rings is 2. The van der Waals surface area contributed by atoms with Crippen LogP contribution in [0, 0.1) is 11.7 Å². The minimum atomic E-state index is -0.806. The summed E-state index contributed by atoms with van der Waals surface area (Å²) < 4.78 is 24.7. The Morgan fingerprint density at radius 2 is 1.79 bits per heavy atom. The molecule has 2 aromatic carbocycles. The number of rotatable bonds is 7. The molecule has 28 heavy (non-hydrogen) atoms. The van der Waals surface area contributed by atoms with E-state index in [1.54, 1.807) is 49.4 Å².